The zero-order valence-electron chi connectivity index (χ0n) is 18.7. The molecule has 1 heterocycles. The van der Waals surface area contributed by atoms with Gasteiger partial charge in [-0.2, -0.15) is 5.10 Å². The normalized spacial score (nSPS) is 15.5. The van der Waals surface area contributed by atoms with Gasteiger partial charge in [-0.15, -0.1) is 0 Å². The number of ether oxygens (including phenoxy) is 2. The van der Waals surface area contributed by atoms with Gasteiger partial charge in [0.2, 0.25) is 5.91 Å². The number of methoxy groups -OCH3 is 2. The lowest BCUT2D eigenvalue weighted by molar-refractivity contribution is -0.140. The zero-order chi connectivity index (χ0) is 22.5. The quantitative estimate of drug-likeness (QED) is 0.683. The van der Waals surface area contributed by atoms with E-state index in [2.05, 4.69) is 5.10 Å². The van der Waals surface area contributed by atoms with Crippen molar-refractivity contribution >= 4 is 17.5 Å². The fourth-order valence-corrected chi connectivity index (χ4v) is 3.62. The molecule has 7 nitrogen and oxygen atoms in total. The van der Waals surface area contributed by atoms with Crippen LogP contribution in [-0.4, -0.2) is 55.2 Å². The Labute approximate surface area is 183 Å². The number of carbonyl (C=O) groups excluding carboxylic acids is 2. The van der Waals surface area contributed by atoms with Crippen LogP contribution in [0.2, 0.25) is 0 Å². The molecule has 0 radical (unpaired) electrons. The molecule has 3 rings (SSSR count). The number of aryl methyl sites for hydroxylation is 1. The third kappa shape index (κ3) is 4.87. The standard InChI is InChI=1S/C24H29N3O4/c1-6-23(28)26(3)15-24(29)27-21(17-9-7-16(2)8-10-17)14-20(25-27)19-12-11-18(30-4)13-22(19)31-5/h7-13,21H,6,14-15H2,1-5H3/t21-/m0/s1. The van der Waals surface area contributed by atoms with E-state index in [1.807, 2.05) is 43.3 Å². The number of hydrogen-bond donors (Lipinski definition) is 0. The van der Waals surface area contributed by atoms with Crippen LogP contribution in [0.3, 0.4) is 0 Å². The Morgan fingerprint density at radius 1 is 1.13 bits per heavy atom. The summed E-state index contributed by atoms with van der Waals surface area (Å²) in [5, 5.41) is 6.19. The first-order valence-corrected chi connectivity index (χ1v) is 10.3. The van der Waals surface area contributed by atoms with Gasteiger partial charge in [-0.25, -0.2) is 5.01 Å². The Morgan fingerprint density at radius 3 is 2.45 bits per heavy atom. The van der Waals surface area contributed by atoms with Gasteiger partial charge < -0.3 is 14.4 Å². The Morgan fingerprint density at radius 2 is 1.84 bits per heavy atom. The van der Waals surface area contributed by atoms with Crippen molar-refractivity contribution in [2.45, 2.75) is 32.7 Å². The zero-order valence-corrected chi connectivity index (χ0v) is 18.7. The van der Waals surface area contributed by atoms with Crippen molar-refractivity contribution in [1.82, 2.24) is 9.91 Å². The monoisotopic (exact) mass is 423 g/mol. The van der Waals surface area contributed by atoms with E-state index in [-0.39, 0.29) is 24.4 Å². The van der Waals surface area contributed by atoms with E-state index in [1.165, 1.54) is 9.91 Å². The van der Waals surface area contributed by atoms with E-state index in [1.54, 1.807) is 34.3 Å². The maximum absolute atomic E-state index is 13.1. The van der Waals surface area contributed by atoms with E-state index in [9.17, 15) is 9.59 Å². The molecule has 0 aliphatic carbocycles. The third-order valence-electron chi connectivity index (χ3n) is 5.45. The Hall–Kier alpha value is -3.35. The lowest BCUT2D eigenvalue weighted by Gasteiger charge is -2.24. The minimum absolute atomic E-state index is 0.0223. The minimum Gasteiger partial charge on any atom is -0.497 e. The molecule has 0 saturated carbocycles. The highest BCUT2D eigenvalue weighted by molar-refractivity contribution is 6.05. The van der Waals surface area contributed by atoms with E-state index in [4.69, 9.17) is 9.47 Å². The minimum atomic E-state index is -0.250. The van der Waals surface area contributed by atoms with Gasteiger partial charge in [0.1, 0.15) is 18.0 Å². The van der Waals surface area contributed by atoms with Crippen molar-refractivity contribution < 1.29 is 19.1 Å². The van der Waals surface area contributed by atoms with E-state index in [0.717, 1.165) is 22.4 Å². The summed E-state index contributed by atoms with van der Waals surface area (Å²) in [4.78, 5) is 26.5. The molecule has 164 valence electrons. The first kappa shape index (κ1) is 22.3. The molecular formula is C24H29N3O4. The second-order valence-corrected chi connectivity index (χ2v) is 7.59. The Bertz CT molecular complexity index is 985. The first-order valence-electron chi connectivity index (χ1n) is 10.3. The molecule has 2 aromatic carbocycles. The summed E-state index contributed by atoms with van der Waals surface area (Å²) in [5.41, 5.74) is 3.71. The number of nitrogens with zero attached hydrogens (tertiary/aromatic N) is 3. The van der Waals surface area contributed by atoms with Crippen molar-refractivity contribution in [3.05, 3.63) is 59.2 Å². The lowest BCUT2D eigenvalue weighted by atomic mass is 9.97. The maximum Gasteiger partial charge on any atom is 0.262 e. The van der Waals surface area contributed by atoms with E-state index >= 15 is 0 Å². The molecule has 2 aromatic rings. The molecule has 1 aliphatic rings. The van der Waals surface area contributed by atoms with Crippen LogP contribution in [0.15, 0.2) is 47.6 Å². The van der Waals surface area contributed by atoms with Gasteiger partial charge in [0.15, 0.2) is 0 Å². The number of hydrazone groups is 1. The lowest BCUT2D eigenvalue weighted by Crippen LogP contribution is -2.38. The summed E-state index contributed by atoms with van der Waals surface area (Å²) in [7, 11) is 4.83. The first-order chi connectivity index (χ1) is 14.9. The van der Waals surface area contributed by atoms with Gasteiger partial charge in [-0.3, -0.25) is 9.59 Å². The summed E-state index contributed by atoms with van der Waals surface area (Å²) in [5.74, 6) is 1.01. The van der Waals surface area contributed by atoms with Crippen LogP contribution in [-0.2, 0) is 9.59 Å². The smallest absolute Gasteiger partial charge is 0.262 e. The summed E-state index contributed by atoms with van der Waals surface area (Å²) < 4.78 is 10.8. The molecular weight excluding hydrogens is 394 g/mol. The number of amides is 2. The number of benzene rings is 2. The fourth-order valence-electron chi connectivity index (χ4n) is 3.62. The highest BCUT2D eigenvalue weighted by Crippen LogP contribution is 2.36. The number of hydrogen-bond acceptors (Lipinski definition) is 5. The topological polar surface area (TPSA) is 71.4 Å². The molecule has 1 aliphatic heterocycles. The van der Waals surface area contributed by atoms with Crippen LogP contribution in [0.25, 0.3) is 0 Å². The average Bonchev–Trinajstić information content (AvgIpc) is 3.23. The number of likely N-dealkylation sites (N-methyl/N-ethyl adjacent to an activating group) is 1. The number of rotatable bonds is 7. The van der Waals surface area contributed by atoms with E-state index in [0.29, 0.717) is 24.3 Å². The van der Waals surface area contributed by atoms with E-state index < -0.39 is 0 Å². The maximum atomic E-state index is 13.1. The molecule has 0 saturated heterocycles. The van der Waals surface area contributed by atoms with Gasteiger partial charge in [0.05, 0.1) is 26.0 Å². The predicted octanol–water partition coefficient (Wildman–Crippen LogP) is 3.56. The van der Waals surface area contributed by atoms with Gasteiger partial charge in [-0.05, 0) is 24.6 Å². The summed E-state index contributed by atoms with van der Waals surface area (Å²) in [6.45, 7) is 3.78. The summed E-state index contributed by atoms with van der Waals surface area (Å²) >= 11 is 0. The van der Waals surface area contributed by atoms with Crippen LogP contribution in [0, 0.1) is 6.92 Å². The third-order valence-corrected chi connectivity index (χ3v) is 5.45. The van der Waals surface area contributed by atoms with Crippen LogP contribution >= 0.6 is 0 Å². The SMILES string of the molecule is CCC(=O)N(C)CC(=O)N1N=C(c2ccc(OC)cc2OC)C[C@H]1c1ccc(C)cc1. The predicted molar refractivity (Wildman–Crippen MR) is 119 cm³/mol. The van der Waals surface area contributed by atoms with Crippen molar-refractivity contribution in [2.24, 2.45) is 5.10 Å². The molecule has 0 bridgehead atoms. The summed E-state index contributed by atoms with van der Waals surface area (Å²) in [6, 6.07) is 13.4. The van der Waals surface area contributed by atoms with Gasteiger partial charge >= 0.3 is 0 Å². The van der Waals surface area contributed by atoms with Gasteiger partial charge in [0.25, 0.3) is 5.91 Å². The molecule has 2 amide bonds. The summed E-state index contributed by atoms with van der Waals surface area (Å²) in [6.07, 6.45) is 0.895. The number of carbonyl (C=O) groups is 2. The van der Waals surface area contributed by atoms with Gasteiger partial charge in [-0.1, -0.05) is 36.8 Å². The largest absolute Gasteiger partial charge is 0.497 e. The van der Waals surface area contributed by atoms with Crippen LogP contribution in [0.4, 0.5) is 0 Å². The van der Waals surface area contributed by atoms with Crippen LogP contribution < -0.4 is 9.47 Å². The van der Waals surface area contributed by atoms with Crippen molar-refractivity contribution in [3.8, 4) is 11.5 Å². The molecule has 0 fully saturated rings. The molecule has 0 aromatic heterocycles. The van der Waals surface area contributed by atoms with Crippen LogP contribution in [0.5, 0.6) is 11.5 Å². The highest BCUT2D eigenvalue weighted by atomic mass is 16.5. The molecule has 1 atom stereocenters. The molecule has 0 spiro atoms. The second-order valence-electron chi connectivity index (χ2n) is 7.59. The van der Waals surface area contributed by atoms with Crippen molar-refractivity contribution in [3.63, 3.8) is 0 Å². The molecule has 0 unspecified atom stereocenters. The second kappa shape index (κ2) is 9.64. The van der Waals surface area contributed by atoms with Gasteiger partial charge in [0, 0.05) is 31.5 Å². The Kier molecular flexibility index (Phi) is 6.95. The average molecular weight is 424 g/mol. The Balaban J connectivity index is 1.96. The molecule has 0 N–H and O–H groups in total. The van der Waals surface area contributed by atoms with Crippen molar-refractivity contribution in [1.29, 1.82) is 0 Å². The molecule has 7 heteroatoms. The van der Waals surface area contributed by atoms with Crippen LogP contribution in [0.1, 0.15) is 42.5 Å². The fraction of sp³-hybridized carbons (Fsp3) is 0.375. The highest BCUT2D eigenvalue weighted by Gasteiger charge is 2.34. The van der Waals surface area contributed by atoms with Crippen molar-refractivity contribution in [2.75, 3.05) is 27.8 Å². The molecule has 31 heavy (non-hydrogen) atoms.